The van der Waals surface area contributed by atoms with Gasteiger partial charge in [0.1, 0.15) is 5.00 Å². The van der Waals surface area contributed by atoms with E-state index in [9.17, 15) is 14.4 Å². The van der Waals surface area contributed by atoms with Gasteiger partial charge in [0.15, 0.2) is 17.1 Å². The van der Waals surface area contributed by atoms with Gasteiger partial charge in [-0.15, -0.1) is 11.3 Å². The zero-order valence-electron chi connectivity index (χ0n) is 18.6. The van der Waals surface area contributed by atoms with Crippen molar-refractivity contribution in [1.29, 1.82) is 0 Å². The van der Waals surface area contributed by atoms with Crippen LogP contribution in [0.3, 0.4) is 0 Å². The van der Waals surface area contributed by atoms with Crippen LogP contribution in [0.4, 0.5) is 9.80 Å². The molecule has 33 heavy (non-hydrogen) atoms. The first-order chi connectivity index (χ1) is 16.0. The lowest BCUT2D eigenvalue weighted by molar-refractivity contribution is 0.0600. The standard InChI is InChI=1S/C23H24N2O7S/c1-4-30-15-8-6-7-13-11-16(32-19(13)15)20(26)24-21-18(22(27)29-3)14-9-10-25(12-17(14)33-21)23(28)31-5-2/h6-8,11H,4-5,9-10,12H2,1-3H3,(H,24,26). The molecule has 3 aromatic rings. The first-order valence-electron chi connectivity index (χ1n) is 10.6. The van der Waals surface area contributed by atoms with Crippen molar-refractivity contribution in [2.75, 3.05) is 32.2 Å². The van der Waals surface area contributed by atoms with Crippen LogP contribution in [0, 0.1) is 0 Å². The van der Waals surface area contributed by atoms with Crippen molar-refractivity contribution in [3.05, 3.63) is 46.0 Å². The van der Waals surface area contributed by atoms with Crippen molar-refractivity contribution >= 4 is 45.3 Å². The molecule has 0 bridgehead atoms. The SMILES string of the molecule is CCOC(=O)N1CCc2c(sc(NC(=O)c3cc4cccc(OCC)c4o3)c2C(=O)OC)C1. The fourth-order valence-electron chi connectivity index (χ4n) is 3.76. The number of rotatable bonds is 6. The van der Waals surface area contributed by atoms with Gasteiger partial charge in [0.05, 0.1) is 32.4 Å². The van der Waals surface area contributed by atoms with Crippen LogP contribution in [-0.2, 0) is 22.4 Å². The number of hydrogen-bond donors (Lipinski definition) is 1. The second-order valence-electron chi connectivity index (χ2n) is 7.24. The van der Waals surface area contributed by atoms with Crippen LogP contribution < -0.4 is 10.1 Å². The molecule has 174 valence electrons. The minimum atomic E-state index is -0.546. The summed E-state index contributed by atoms with van der Waals surface area (Å²) in [6, 6.07) is 7.05. The highest BCUT2D eigenvalue weighted by Gasteiger charge is 2.31. The Morgan fingerprint density at radius 1 is 1.21 bits per heavy atom. The van der Waals surface area contributed by atoms with Gasteiger partial charge in [-0.3, -0.25) is 4.79 Å². The topological polar surface area (TPSA) is 107 Å². The van der Waals surface area contributed by atoms with Gasteiger partial charge in [-0.05, 0) is 38.0 Å². The number of amides is 2. The van der Waals surface area contributed by atoms with Crippen molar-refractivity contribution < 1.29 is 33.0 Å². The van der Waals surface area contributed by atoms with Gasteiger partial charge < -0.3 is 28.8 Å². The molecule has 1 aliphatic heterocycles. The molecule has 0 saturated carbocycles. The molecule has 0 spiro atoms. The van der Waals surface area contributed by atoms with Gasteiger partial charge in [0, 0.05) is 16.8 Å². The van der Waals surface area contributed by atoms with Crippen LogP contribution in [0.2, 0.25) is 0 Å². The minimum Gasteiger partial charge on any atom is -0.490 e. The van der Waals surface area contributed by atoms with Crippen LogP contribution in [0.15, 0.2) is 28.7 Å². The second kappa shape index (κ2) is 9.53. The molecule has 3 heterocycles. The van der Waals surface area contributed by atoms with E-state index in [0.717, 1.165) is 15.8 Å². The molecule has 0 fully saturated rings. The van der Waals surface area contributed by atoms with Gasteiger partial charge in [0.25, 0.3) is 5.91 Å². The minimum absolute atomic E-state index is 0.0903. The third-order valence-corrected chi connectivity index (χ3v) is 6.36. The summed E-state index contributed by atoms with van der Waals surface area (Å²) >= 11 is 1.24. The van der Waals surface area contributed by atoms with E-state index in [4.69, 9.17) is 18.6 Å². The fourth-order valence-corrected chi connectivity index (χ4v) is 5.01. The molecule has 0 unspecified atom stereocenters. The summed E-state index contributed by atoms with van der Waals surface area (Å²) in [6.07, 6.45) is 0.0435. The molecular weight excluding hydrogens is 448 g/mol. The van der Waals surface area contributed by atoms with Crippen molar-refractivity contribution in [3.63, 3.8) is 0 Å². The maximum absolute atomic E-state index is 13.0. The summed E-state index contributed by atoms with van der Waals surface area (Å²) in [7, 11) is 1.29. The Kier molecular flexibility index (Phi) is 6.55. The summed E-state index contributed by atoms with van der Waals surface area (Å²) in [5.74, 6) is -0.405. The van der Waals surface area contributed by atoms with E-state index in [1.165, 1.54) is 18.4 Å². The van der Waals surface area contributed by atoms with E-state index in [1.54, 1.807) is 24.0 Å². The molecule has 4 rings (SSSR count). The van der Waals surface area contributed by atoms with E-state index in [-0.39, 0.29) is 12.4 Å². The monoisotopic (exact) mass is 472 g/mol. The van der Waals surface area contributed by atoms with Gasteiger partial charge in [-0.25, -0.2) is 9.59 Å². The average Bonchev–Trinajstić information content (AvgIpc) is 3.40. The number of carbonyl (C=O) groups is 3. The number of furan rings is 1. The molecule has 10 heteroatoms. The number of anilines is 1. The number of nitrogens with one attached hydrogen (secondary N) is 1. The van der Waals surface area contributed by atoms with E-state index in [0.29, 0.717) is 48.0 Å². The summed E-state index contributed by atoms with van der Waals surface area (Å²) in [6.45, 7) is 5.06. The molecule has 0 atom stereocenters. The molecule has 0 saturated heterocycles. The van der Waals surface area contributed by atoms with E-state index >= 15 is 0 Å². The molecule has 1 aliphatic rings. The van der Waals surface area contributed by atoms with Crippen molar-refractivity contribution in [1.82, 2.24) is 4.90 Å². The van der Waals surface area contributed by atoms with Crippen LogP contribution in [0.25, 0.3) is 11.0 Å². The number of carbonyl (C=O) groups excluding carboxylic acids is 3. The summed E-state index contributed by atoms with van der Waals surface area (Å²) in [5.41, 5.74) is 1.56. The van der Waals surface area contributed by atoms with Crippen molar-refractivity contribution in [2.45, 2.75) is 26.8 Å². The van der Waals surface area contributed by atoms with Crippen molar-refractivity contribution in [2.24, 2.45) is 0 Å². The Hall–Kier alpha value is -3.53. The average molecular weight is 473 g/mol. The molecule has 2 aromatic heterocycles. The molecule has 1 N–H and O–H groups in total. The van der Waals surface area contributed by atoms with Crippen LogP contribution in [0.5, 0.6) is 5.75 Å². The van der Waals surface area contributed by atoms with Crippen LogP contribution in [0.1, 0.15) is 45.2 Å². The van der Waals surface area contributed by atoms with Gasteiger partial charge in [-0.2, -0.15) is 0 Å². The highest BCUT2D eigenvalue weighted by molar-refractivity contribution is 7.17. The zero-order chi connectivity index (χ0) is 23.5. The van der Waals surface area contributed by atoms with E-state index in [2.05, 4.69) is 5.32 Å². The molecule has 0 radical (unpaired) electrons. The first-order valence-corrected chi connectivity index (χ1v) is 11.4. The maximum atomic E-state index is 13.0. The Morgan fingerprint density at radius 3 is 2.76 bits per heavy atom. The number of methoxy groups -OCH3 is 1. The molecule has 2 amide bonds. The largest absolute Gasteiger partial charge is 0.490 e. The quantitative estimate of drug-likeness (QED) is 0.528. The van der Waals surface area contributed by atoms with Gasteiger partial charge in [-0.1, -0.05) is 12.1 Å². The van der Waals surface area contributed by atoms with E-state index < -0.39 is 18.0 Å². The van der Waals surface area contributed by atoms with Crippen LogP contribution >= 0.6 is 11.3 Å². The van der Waals surface area contributed by atoms with Gasteiger partial charge in [0.2, 0.25) is 0 Å². The summed E-state index contributed by atoms with van der Waals surface area (Å²) in [5, 5.41) is 3.88. The number of para-hydroxylation sites is 1. The summed E-state index contributed by atoms with van der Waals surface area (Å²) in [4.78, 5) is 40.1. The number of thiophene rings is 1. The number of hydrogen-bond acceptors (Lipinski definition) is 8. The fraction of sp³-hybridized carbons (Fsp3) is 0.348. The Bertz CT molecular complexity index is 1210. The predicted molar refractivity (Wildman–Crippen MR) is 122 cm³/mol. The normalized spacial score (nSPS) is 12.9. The third-order valence-electron chi connectivity index (χ3n) is 5.23. The molecule has 0 aliphatic carbocycles. The molecule has 1 aromatic carbocycles. The Labute approximate surface area is 194 Å². The first kappa shape index (κ1) is 22.7. The number of benzene rings is 1. The zero-order valence-corrected chi connectivity index (χ0v) is 19.4. The lowest BCUT2D eigenvalue weighted by atomic mass is 10.0. The van der Waals surface area contributed by atoms with Gasteiger partial charge >= 0.3 is 12.1 Å². The number of esters is 1. The molecular formula is C23H24N2O7S. The molecule has 9 nitrogen and oxygen atoms in total. The maximum Gasteiger partial charge on any atom is 0.410 e. The van der Waals surface area contributed by atoms with E-state index in [1.807, 2.05) is 19.1 Å². The van der Waals surface area contributed by atoms with Crippen LogP contribution in [-0.4, -0.2) is 49.7 Å². The smallest absolute Gasteiger partial charge is 0.410 e. The Balaban J connectivity index is 1.63. The third kappa shape index (κ3) is 4.38. The predicted octanol–water partition coefficient (Wildman–Crippen LogP) is 4.45. The second-order valence-corrected chi connectivity index (χ2v) is 8.35. The lowest BCUT2D eigenvalue weighted by Crippen LogP contribution is -2.36. The number of nitrogens with zero attached hydrogens (tertiary/aromatic N) is 1. The summed E-state index contributed by atoms with van der Waals surface area (Å²) < 4.78 is 21.4. The number of fused-ring (bicyclic) bond motifs is 2. The lowest BCUT2D eigenvalue weighted by Gasteiger charge is -2.26. The van der Waals surface area contributed by atoms with Crippen molar-refractivity contribution in [3.8, 4) is 5.75 Å². The Morgan fingerprint density at radius 2 is 2.03 bits per heavy atom. The highest BCUT2D eigenvalue weighted by Crippen LogP contribution is 2.38. The highest BCUT2D eigenvalue weighted by atomic mass is 32.1. The number of ether oxygens (including phenoxy) is 3.